The maximum Gasteiger partial charge on any atom is 0.254 e. The van der Waals surface area contributed by atoms with Crippen molar-refractivity contribution in [1.29, 1.82) is 0 Å². The van der Waals surface area contributed by atoms with Gasteiger partial charge in [-0.05, 0) is 52.2 Å². The average Bonchev–Trinajstić information content (AvgIpc) is 2.44. The first-order valence-corrected chi connectivity index (χ1v) is 6.94. The monoisotopic (exact) mass is 336 g/mol. The molecule has 104 valence electrons. The SMILES string of the molecule is Nc1ccc(CCNC(=O)c2cccc(Br)c2F)cc1. The van der Waals surface area contributed by atoms with Crippen molar-refractivity contribution in [1.82, 2.24) is 5.32 Å². The second-order valence-electron chi connectivity index (χ2n) is 4.35. The Morgan fingerprint density at radius 2 is 1.90 bits per heavy atom. The van der Waals surface area contributed by atoms with E-state index in [4.69, 9.17) is 5.73 Å². The van der Waals surface area contributed by atoms with Gasteiger partial charge >= 0.3 is 0 Å². The third kappa shape index (κ3) is 3.57. The third-order valence-corrected chi connectivity index (χ3v) is 3.49. The minimum absolute atomic E-state index is 0.0386. The predicted octanol–water partition coefficient (Wildman–Crippen LogP) is 3.14. The standard InChI is InChI=1S/C15H14BrFN2O/c16-13-3-1-2-12(14(13)17)15(20)19-9-8-10-4-6-11(18)7-5-10/h1-7H,8-9,18H2,(H,19,20). The van der Waals surface area contributed by atoms with E-state index in [0.717, 1.165) is 5.56 Å². The fourth-order valence-electron chi connectivity index (χ4n) is 1.78. The Morgan fingerprint density at radius 3 is 2.60 bits per heavy atom. The van der Waals surface area contributed by atoms with Gasteiger partial charge in [-0.2, -0.15) is 0 Å². The number of rotatable bonds is 4. The van der Waals surface area contributed by atoms with Gasteiger partial charge in [-0.15, -0.1) is 0 Å². The lowest BCUT2D eigenvalue weighted by Gasteiger charge is -2.07. The van der Waals surface area contributed by atoms with E-state index in [1.54, 1.807) is 12.1 Å². The molecule has 0 saturated carbocycles. The van der Waals surface area contributed by atoms with Crippen LogP contribution in [0.25, 0.3) is 0 Å². The predicted molar refractivity (Wildman–Crippen MR) is 81.0 cm³/mol. The smallest absolute Gasteiger partial charge is 0.254 e. The summed E-state index contributed by atoms with van der Waals surface area (Å²) < 4.78 is 14.0. The highest BCUT2D eigenvalue weighted by molar-refractivity contribution is 9.10. The van der Waals surface area contributed by atoms with Crippen molar-refractivity contribution in [2.75, 3.05) is 12.3 Å². The van der Waals surface area contributed by atoms with Crippen LogP contribution in [0.2, 0.25) is 0 Å². The summed E-state index contributed by atoms with van der Waals surface area (Å²) >= 11 is 3.06. The molecule has 0 bridgehead atoms. The number of benzene rings is 2. The van der Waals surface area contributed by atoms with Gasteiger partial charge in [-0.1, -0.05) is 18.2 Å². The molecule has 2 aromatic rings. The second kappa shape index (κ2) is 6.52. The number of hydrogen-bond donors (Lipinski definition) is 2. The number of amides is 1. The van der Waals surface area contributed by atoms with Crippen LogP contribution in [-0.4, -0.2) is 12.5 Å². The van der Waals surface area contributed by atoms with E-state index in [1.165, 1.54) is 6.07 Å². The molecule has 0 heterocycles. The van der Waals surface area contributed by atoms with E-state index in [1.807, 2.05) is 24.3 Å². The molecule has 0 fully saturated rings. The van der Waals surface area contributed by atoms with Gasteiger partial charge in [0.15, 0.2) is 0 Å². The van der Waals surface area contributed by atoms with E-state index in [9.17, 15) is 9.18 Å². The third-order valence-electron chi connectivity index (χ3n) is 2.88. The minimum atomic E-state index is -0.544. The van der Waals surface area contributed by atoms with E-state index >= 15 is 0 Å². The highest BCUT2D eigenvalue weighted by Crippen LogP contribution is 2.18. The van der Waals surface area contributed by atoms with Gasteiger partial charge in [-0.25, -0.2) is 4.39 Å². The molecular formula is C15H14BrFN2O. The Morgan fingerprint density at radius 1 is 1.20 bits per heavy atom. The zero-order chi connectivity index (χ0) is 14.5. The first-order valence-electron chi connectivity index (χ1n) is 6.14. The van der Waals surface area contributed by atoms with Crippen LogP contribution >= 0.6 is 15.9 Å². The van der Waals surface area contributed by atoms with Crippen LogP contribution in [0, 0.1) is 5.82 Å². The van der Waals surface area contributed by atoms with Crippen molar-refractivity contribution < 1.29 is 9.18 Å². The molecule has 0 aliphatic rings. The topological polar surface area (TPSA) is 55.1 Å². The van der Waals surface area contributed by atoms with E-state index in [2.05, 4.69) is 21.2 Å². The highest BCUT2D eigenvalue weighted by atomic mass is 79.9. The second-order valence-corrected chi connectivity index (χ2v) is 5.20. The summed E-state index contributed by atoms with van der Waals surface area (Å²) in [5, 5.41) is 2.70. The van der Waals surface area contributed by atoms with Crippen LogP contribution in [-0.2, 0) is 6.42 Å². The van der Waals surface area contributed by atoms with Gasteiger partial charge in [0.2, 0.25) is 0 Å². The normalized spacial score (nSPS) is 10.3. The molecule has 0 saturated heterocycles. The number of carbonyl (C=O) groups excluding carboxylic acids is 1. The van der Waals surface area contributed by atoms with Crippen molar-refractivity contribution in [2.45, 2.75) is 6.42 Å². The van der Waals surface area contributed by atoms with Crippen LogP contribution < -0.4 is 11.1 Å². The molecule has 3 nitrogen and oxygen atoms in total. The fraction of sp³-hybridized carbons (Fsp3) is 0.133. The maximum atomic E-state index is 13.7. The van der Waals surface area contributed by atoms with Crippen LogP contribution in [0.5, 0.6) is 0 Å². The van der Waals surface area contributed by atoms with E-state index in [0.29, 0.717) is 18.7 Å². The van der Waals surface area contributed by atoms with E-state index in [-0.39, 0.29) is 10.0 Å². The number of carbonyl (C=O) groups is 1. The van der Waals surface area contributed by atoms with Crippen molar-refractivity contribution in [3.05, 3.63) is 63.9 Å². The Kier molecular flexibility index (Phi) is 4.74. The highest BCUT2D eigenvalue weighted by Gasteiger charge is 2.12. The lowest BCUT2D eigenvalue weighted by Crippen LogP contribution is -2.26. The van der Waals surface area contributed by atoms with Crippen molar-refractivity contribution in [2.24, 2.45) is 0 Å². The summed E-state index contributed by atoms with van der Waals surface area (Å²) in [7, 11) is 0. The molecule has 1 amide bonds. The van der Waals surface area contributed by atoms with Crippen molar-refractivity contribution >= 4 is 27.5 Å². The number of nitrogens with two attached hydrogens (primary N) is 1. The Balaban J connectivity index is 1.92. The van der Waals surface area contributed by atoms with Gasteiger partial charge in [0.1, 0.15) is 5.82 Å². The molecule has 0 unspecified atom stereocenters. The fourth-order valence-corrected chi connectivity index (χ4v) is 2.15. The van der Waals surface area contributed by atoms with Crippen LogP contribution in [0.4, 0.5) is 10.1 Å². The summed E-state index contributed by atoms with van der Waals surface area (Å²) in [5.74, 6) is -0.961. The Hall–Kier alpha value is -1.88. The van der Waals surface area contributed by atoms with Gasteiger partial charge in [0, 0.05) is 12.2 Å². The first-order chi connectivity index (χ1) is 9.58. The number of nitrogens with one attached hydrogen (secondary N) is 1. The summed E-state index contributed by atoms with van der Waals surface area (Å²) in [6, 6.07) is 12.1. The number of hydrogen-bond acceptors (Lipinski definition) is 2. The summed E-state index contributed by atoms with van der Waals surface area (Å²) in [4.78, 5) is 11.9. The van der Waals surface area contributed by atoms with Crippen LogP contribution in [0.1, 0.15) is 15.9 Å². The van der Waals surface area contributed by atoms with Gasteiger partial charge in [0.05, 0.1) is 10.0 Å². The number of anilines is 1. The lowest BCUT2D eigenvalue weighted by molar-refractivity contribution is 0.0950. The Labute approximate surface area is 125 Å². The molecule has 0 atom stereocenters. The van der Waals surface area contributed by atoms with Crippen molar-refractivity contribution in [3.63, 3.8) is 0 Å². The molecule has 2 aromatic carbocycles. The molecule has 0 spiro atoms. The largest absolute Gasteiger partial charge is 0.399 e. The lowest BCUT2D eigenvalue weighted by atomic mass is 10.1. The van der Waals surface area contributed by atoms with Gasteiger partial charge < -0.3 is 11.1 Å². The zero-order valence-corrected chi connectivity index (χ0v) is 12.3. The summed E-state index contributed by atoms with van der Waals surface area (Å²) in [6.07, 6.45) is 0.668. The van der Waals surface area contributed by atoms with Crippen LogP contribution in [0.15, 0.2) is 46.9 Å². The first kappa shape index (κ1) is 14.5. The zero-order valence-electron chi connectivity index (χ0n) is 10.7. The molecule has 5 heteroatoms. The molecule has 2 rings (SSSR count). The number of nitrogen functional groups attached to an aromatic ring is 1. The number of halogens is 2. The van der Waals surface area contributed by atoms with Gasteiger partial charge in [0.25, 0.3) is 5.91 Å². The molecule has 0 aromatic heterocycles. The minimum Gasteiger partial charge on any atom is -0.399 e. The molecule has 20 heavy (non-hydrogen) atoms. The van der Waals surface area contributed by atoms with Crippen molar-refractivity contribution in [3.8, 4) is 0 Å². The molecule has 0 radical (unpaired) electrons. The summed E-state index contributed by atoms with van der Waals surface area (Å²) in [5.41, 5.74) is 7.40. The Bertz CT molecular complexity index is 614. The van der Waals surface area contributed by atoms with Crippen LogP contribution in [0.3, 0.4) is 0 Å². The quantitative estimate of drug-likeness (QED) is 0.842. The molecular weight excluding hydrogens is 323 g/mol. The maximum absolute atomic E-state index is 13.7. The molecule has 0 aliphatic carbocycles. The van der Waals surface area contributed by atoms with E-state index < -0.39 is 11.7 Å². The molecule has 0 aliphatic heterocycles. The van der Waals surface area contributed by atoms with Gasteiger partial charge in [-0.3, -0.25) is 4.79 Å². The molecule has 3 N–H and O–H groups in total. The summed E-state index contributed by atoms with van der Waals surface area (Å²) in [6.45, 7) is 0.439. The average molecular weight is 337 g/mol.